The normalized spacial score (nSPS) is 12.4. The molecule has 1 N–H and O–H groups in total. The van der Waals surface area contributed by atoms with Gasteiger partial charge in [0.2, 0.25) is 0 Å². The molecule has 2 nitrogen and oxygen atoms in total. The van der Waals surface area contributed by atoms with Gasteiger partial charge in [-0.15, -0.1) is 6.58 Å². The number of benzene rings is 1. The SMILES string of the molecule is C=C(C)CCC(O)CCOCc1ccccc1. The number of aliphatic hydroxyl groups excluding tert-OH is 1. The average molecular weight is 234 g/mol. The Morgan fingerprint density at radius 2 is 2.00 bits per heavy atom. The van der Waals surface area contributed by atoms with Crippen molar-refractivity contribution in [2.24, 2.45) is 0 Å². The predicted molar refractivity (Wildman–Crippen MR) is 70.8 cm³/mol. The fourth-order valence-corrected chi connectivity index (χ4v) is 1.54. The van der Waals surface area contributed by atoms with E-state index < -0.39 is 0 Å². The van der Waals surface area contributed by atoms with Crippen molar-refractivity contribution in [2.75, 3.05) is 6.61 Å². The third-order valence-corrected chi connectivity index (χ3v) is 2.61. The highest BCUT2D eigenvalue weighted by molar-refractivity contribution is 5.13. The van der Waals surface area contributed by atoms with Crippen molar-refractivity contribution in [2.45, 2.75) is 38.9 Å². The first kappa shape index (κ1) is 13.9. The molecule has 0 aliphatic rings. The second-order valence-corrected chi connectivity index (χ2v) is 4.48. The van der Waals surface area contributed by atoms with E-state index in [-0.39, 0.29) is 6.10 Å². The third-order valence-electron chi connectivity index (χ3n) is 2.61. The molecule has 1 aromatic rings. The van der Waals surface area contributed by atoms with Crippen LogP contribution in [0, 0.1) is 0 Å². The zero-order valence-electron chi connectivity index (χ0n) is 10.6. The Kier molecular flexibility index (Phi) is 6.60. The van der Waals surface area contributed by atoms with Crippen molar-refractivity contribution >= 4 is 0 Å². The van der Waals surface area contributed by atoms with E-state index >= 15 is 0 Å². The molecule has 94 valence electrons. The summed E-state index contributed by atoms with van der Waals surface area (Å²) in [7, 11) is 0. The molecule has 0 amide bonds. The Bertz CT molecular complexity index is 319. The van der Waals surface area contributed by atoms with Crippen LogP contribution in [0.4, 0.5) is 0 Å². The summed E-state index contributed by atoms with van der Waals surface area (Å²) in [6, 6.07) is 10.1. The summed E-state index contributed by atoms with van der Waals surface area (Å²) >= 11 is 0. The molecule has 0 radical (unpaired) electrons. The van der Waals surface area contributed by atoms with Crippen LogP contribution in [0.25, 0.3) is 0 Å². The van der Waals surface area contributed by atoms with E-state index in [0.29, 0.717) is 19.6 Å². The molecule has 0 heterocycles. The minimum absolute atomic E-state index is 0.275. The van der Waals surface area contributed by atoms with E-state index in [1.54, 1.807) is 0 Å². The van der Waals surface area contributed by atoms with Crippen molar-refractivity contribution in [3.8, 4) is 0 Å². The molecule has 0 aliphatic heterocycles. The monoisotopic (exact) mass is 234 g/mol. The molecule has 0 fully saturated rings. The minimum Gasteiger partial charge on any atom is -0.393 e. The quantitative estimate of drug-likeness (QED) is 0.552. The van der Waals surface area contributed by atoms with Gasteiger partial charge in [-0.25, -0.2) is 0 Å². The number of aliphatic hydroxyl groups is 1. The van der Waals surface area contributed by atoms with Gasteiger partial charge in [0.05, 0.1) is 12.7 Å². The maximum Gasteiger partial charge on any atom is 0.0716 e. The van der Waals surface area contributed by atoms with Gasteiger partial charge in [-0.05, 0) is 31.7 Å². The summed E-state index contributed by atoms with van der Waals surface area (Å²) in [5, 5.41) is 9.67. The highest BCUT2D eigenvalue weighted by Crippen LogP contribution is 2.08. The van der Waals surface area contributed by atoms with E-state index in [9.17, 15) is 5.11 Å². The van der Waals surface area contributed by atoms with Crippen LogP contribution in [0.2, 0.25) is 0 Å². The number of hydrogen-bond acceptors (Lipinski definition) is 2. The van der Waals surface area contributed by atoms with E-state index in [0.717, 1.165) is 18.4 Å². The van der Waals surface area contributed by atoms with Gasteiger partial charge in [-0.3, -0.25) is 0 Å². The topological polar surface area (TPSA) is 29.5 Å². The lowest BCUT2D eigenvalue weighted by atomic mass is 10.1. The first-order chi connectivity index (χ1) is 8.18. The maximum atomic E-state index is 9.67. The molecular weight excluding hydrogens is 212 g/mol. The Hall–Kier alpha value is -1.12. The molecule has 1 unspecified atom stereocenters. The minimum atomic E-state index is -0.275. The lowest BCUT2D eigenvalue weighted by Crippen LogP contribution is -2.10. The number of hydrogen-bond donors (Lipinski definition) is 1. The smallest absolute Gasteiger partial charge is 0.0716 e. The number of rotatable bonds is 8. The molecule has 1 aromatic carbocycles. The highest BCUT2D eigenvalue weighted by Gasteiger charge is 2.03. The molecular formula is C15H22O2. The Labute approximate surface area is 104 Å². The summed E-state index contributed by atoms with van der Waals surface area (Å²) < 4.78 is 5.51. The van der Waals surface area contributed by atoms with Crippen molar-refractivity contribution in [3.05, 3.63) is 48.0 Å². The molecule has 0 bridgehead atoms. The van der Waals surface area contributed by atoms with Crippen LogP contribution in [0.15, 0.2) is 42.5 Å². The molecule has 0 spiro atoms. The van der Waals surface area contributed by atoms with Crippen molar-refractivity contribution < 1.29 is 9.84 Å². The second kappa shape index (κ2) is 8.04. The Morgan fingerprint density at radius 3 is 2.65 bits per heavy atom. The maximum absolute atomic E-state index is 9.67. The third kappa shape index (κ3) is 6.93. The van der Waals surface area contributed by atoms with Crippen LogP contribution in [0.1, 0.15) is 31.7 Å². The van der Waals surface area contributed by atoms with Crippen LogP contribution in [-0.4, -0.2) is 17.8 Å². The van der Waals surface area contributed by atoms with Gasteiger partial charge in [-0.2, -0.15) is 0 Å². The van der Waals surface area contributed by atoms with Crippen LogP contribution in [0.5, 0.6) is 0 Å². The molecule has 1 atom stereocenters. The Balaban J connectivity index is 2.06. The van der Waals surface area contributed by atoms with Gasteiger partial charge in [0.15, 0.2) is 0 Å². The largest absolute Gasteiger partial charge is 0.393 e. The first-order valence-electron chi connectivity index (χ1n) is 6.12. The van der Waals surface area contributed by atoms with Crippen LogP contribution in [0.3, 0.4) is 0 Å². The fraction of sp³-hybridized carbons (Fsp3) is 0.467. The number of allylic oxidation sites excluding steroid dienone is 1. The van der Waals surface area contributed by atoms with E-state index in [2.05, 4.69) is 6.58 Å². The van der Waals surface area contributed by atoms with Gasteiger partial charge in [0.1, 0.15) is 0 Å². The van der Waals surface area contributed by atoms with Crippen molar-refractivity contribution in [3.63, 3.8) is 0 Å². The molecule has 17 heavy (non-hydrogen) atoms. The summed E-state index contributed by atoms with van der Waals surface area (Å²) in [4.78, 5) is 0. The van der Waals surface area contributed by atoms with Gasteiger partial charge >= 0.3 is 0 Å². The molecule has 0 aliphatic carbocycles. The van der Waals surface area contributed by atoms with Crippen molar-refractivity contribution in [1.29, 1.82) is 0 Å². The number of ether oxygens (including phenoxy) is 1. The summed E-state index contributed by atoms with van der Waals surface area (Å²) in [6.07, 6.45) is 2.09. The predicted octanol–water partition coefficient (Wildman–Crippen LogP) is 3.31. The standard InChI is InChI=1S/C15H22O2/c1-13(2)8-9-15(16)10-11-17-12-14-6-4-3-5-7-14/h3-7,15-16H,1,8-12H2,2H3. The second-order valence-electron chi connectivity index (χ2n) is 4.48. The average Bonchev–Trinajstić information content (AvgIpc) is 2.33. The lowest BCUT2D eigenvalue weighted by molar-refractivity contribution is 0.0702. The summed E-state index contributed by atoms with van der Waals surface area (Å²) in [5.74, 6) is 0. The van der Waals surface area contributed by atoms with Gasteiger partial charge in [0.25, 0.3) is 0 Å². The van der Waals surface area contributed by atoms with Gasteiger partial charge in [-0.1, -0.05) is 35.9 Å². The fourth-order valence-electron chi connectivity index (χ4n) is 1.54. The zero-order chi connectivity index (χ0) is 12.5. The first-order valence-corrected chi connectivity index (χ1v) is 6.12. The van der Waals surface area contributed by atoms with E-state index in [1.165, 1.54) is 5.56 Å². The molecule has 1 rings (SSSR count). The summed E-state index contributed by atoms with van der Waals surface area (Å²) in [6.45, 7) is 7.03. The van der Waals surface area contributed by atoms with Gasteiger partial charge in [0, 0.05) is 6.61 Å². The molecule has 0 saturated heterocycles. The van der Waals surface area contributed by atoms with Crippen LogP contribution < -0.4 is 0 Å². The van der Waals surface area contributed by atoms with Crippen molar-refractivity contribution in [1.82, 2.24) is 0 Å². The lowest BCUT2D eigenvalue weighted by Gasteiger charge is -2.10. The Morgan fingerprint density at radius 1 is 1.29 bits per heavy atom. The van der Waals surface area contributed by atoms with E-state index in [4.69, 9.17) is 4.74 Å². The summed E-state index contributed by atoms with van der Waals surface area (Å²) in [5.41, 5.74) is 2.29. The molecule has 2 heteroatoms. The van der Waals surface area contributed by atoms with Gasteiger partial charge < -0.3 is 9.84 Å². The molecule has 0 aromatic heterocycles. The van der Waals surface area contributed by atoms with Crippen LogP contribution in [-0.2, 0) is 11.3 Å². The molecule has 0 saturated carbocycles. The van der Waals surface area contributed by atoms with Crippen LogP contribution >= 0.6 is 0 Å². The van der Waals surface area contributed by atoms with E-state index in [1.807, 2.05) is 37.3 Å². The zero-order valence-corrected chi connectivity index (χ0v) is 10.6. The highest BCUT2D eigenvalue weighted by atomic mass is 16.5.